The first-order valence-corrected chi connectivity index (χ1v) is 42.0. The molecular weight excluding hydrogens is 1610 g/mol. The summed E-state index contributed by atoms with van der Waals surface area (Å²) < 4.78 is 32.4. The standard InChI is InChI=1S/C83H142N16O24/c1-23-37-83(21,22)72(112)118-44-36-60(102)92-55(33-41-87-75(115)121-80(12,13)14)67(107)99-62(50(5)101)71(111)95-56(34-42-88-76(116)122-81(15,16)17)64(104)91-52-31-39-84-70(110)61(49(4)100)98-66(106)54(30-27-38-85-73(113)119-78(6,7)8)93-65(105)57(35-43-89-77(117)123-82(18,19)20)94-68(108)58(45-48(2)3)96-69(109)59(46-51-28-25-24-26-29-51)97-63(103)53(90-47-52)32-40-86-74(114)120-79(9,10)11/h24-26,28-29,48-50,52-59,61-62,90,100-101H,23,27,30-47H2,1-22H3,(H,84,110)(H,85,113)(H,86,114)(H,87,115)(H,88,116)(H,89,117)(H,91,104)(H,92,102)(H,93,105)(H,94,108)(H,95,111)(H,96,109)(H,97,103)(H,98,106)(H,99,107)/t49-,50?,52-,53-,54-,55-,56-,57-,58-,59+,61-,62-/m0/s1. The molecule has 40 nitrogen and oxygen atoms in total. The number of carbonyl (C=O) groups excluding carboxylic acids is 16. The van der Waals surface area contributed by atoms with Crippen LogP contribution in [0.1, 0.15) is 229 Å². The summed E-state index contributed by atoms with van der Waals surface area (Å²) in [5.74, 6) is -10.9. The van der Waals surface area contributed by atoms with Gasteiger partial charge in [-0.1, -0.05) is 57.5 Å². The summed E-state index contributed by atoms with van der Waals surface area (Å²) in [6.07, 6.45) is -9.59. The molecule has 1 aromatic rings. The molecule has 0 aliphatic carbocycles. The summed E-state index contributed by atoms with van der Waals surface area (Å²) in [5.41, 5.74) is -5.16. The predicted molar refractivity (Wildman–Crippen MR) is 453 cm³/mol. The fourth-order valence-corrected chi connectivity index (χ4v) is 11.9. The molecule has 698 valence electrons. The van der Waals surface area contributed by atoms with Crippen molar-refractivity contribution in [2.75, 3.05) is 52.4 Å². The normalized spacial score (nSPS) is 19.6. The zero-order valence-corrected chi connectivity index (χ0v) is 75.9. The van der Waals surface area contributed by atoms with Gasteiger partial charge in [0.2, 0.25) is 59.1 Å². The number of ether oxygens (including phenoxy) is 6. The number of benzene rings is 1. The number of carbonyl (C=O) groups is 16. The van der Waals surface area contributed by atoms with Crippen molar-refractivity contribution in [2.45, 2.75) is 330 Å². The summed E-state index contributed by atoms with van der Waals surface area (Å²) >= 11 is 0. The fourth-order valence-electron chi connectivity index (χ4n) is 11.9. The first kappa shape index (κ1) is 109. The Morgan fingerprint density at radius 3 is 1.37 bits per heavy atom. The van der Waals surface area contributed by atoms with Crippen molar-refractivity contribution in [3.63, 3.8) is 0 Å². The van der Waals surface area contributed by atoms with E-state index in [4.69, 9.17) is 28.4 Å². The Hall–Kier alpha value is -10.4. The minimum atomic E-state index is -1.95. The molecule has 1 fully saturated rings. The SMILES string of the molecule is CCCC(C)(C)C(=O)OCCC(=O)N[C@@H](CCNC(=O)OC(C)(C)C)C(=O)N[C@H](C(=O)N[C@@H](CCNC(=O)OC(C)(C)C)C(=O)N[C@H]1CCNC(=O)[C@H]([C@H](C)O)NC(=O)[C@H](CCCNC(=O)OC(C)(C)C)NC(=O)[C@H](CCNC(=O)OC(C)(C)C)NC(=O)[C@H](CC(C)C)NC(=O)[C@@H](Cc2ccccc2)NC(=O)[C@H](CCNC(=O)OC(C)(C)C)NC1)C(C)O. The van der Waals surface area contributed by atoms with Gasteiger partial charge in [-0.3, -0.25) is 52.7 Å². The van der Waals surface area contributed by atoms with Gasteiger partial charge in [0, 0.05) is 58.3 Å². The first-order chi connectivity index (χ1) is 56.9. The number of aliphatic hydroxyl groups is 2. The van der Waals surface area contributed by atoms with E-state index in [0.29, 0.717) is 18.4 Å². The van der Waals surface area contributed by atoms with Crippen LogP contribution >= 0.6 is 0 Å². The van der Waals surface area contributed by atoms with Gasteiger partial charge in [-0.15, -0.1) is 0 Å². The molecule has 123 heavy (non-hydrogen) atoms. The lowest BCUT2D eigenvalue weighted by Crippen LogP contribution is -2.61. The van der Waals surface area contributed by atoms with E-state index in [-0.39, 0.29) is 83.5 Å². The topological polar surface area (TPSA) is 561 Å². The Labute approximate surface area is 722 Å². The number of esters is 1. The Balaban J connectivity index is 3.07. The molecule has 0 bridgehead atoms. The lowest BCUT2D eigenvalue weighted by Gasteiger charge is -2.29. The van der Waals surface area contributed by atoms with E-state index in [1.807, 2.05) is 6.92 Å². The van der Waals surface area contributed by atoms with Crippen LogP contribution in [0.5, 0.6) is 0 Å². The van der Waals surface area contributed by atoms with Gasteiger partial charge < -0.3 is 124 Å². The van der Waals surface area contributed by atoms with E-state index in [2.05, 4.69) is 85.1 Å². The number of rotatable bonds is 35. The molecule has 1 unspecified atom stereocenters. The molecule has 1 heterocycles. The van der Waals surface area contributed by atoms with Gasteiger partial charge in [0.05, 0.1) is 30.1 Å². The van der Waals surface area contributed by atoms with E-state index >= 15 is 14.4 Å². The Morgan fingerprint density at radius 2 is 0.902 bits per heavy atom. The lowest BCUT2D eigenvalue weighted by atomic mass is 9.88. The van der Waals surface area contributed by atoms with Crippen LogP contribution in [-0.2, 0) is 87.6 Å². The second kappa shape index (κ2) is 51.6. The summed E-state index contributed by atoms with van der Waals surface area (Å²) in [5, 5.41) is 64.8. The molecule has 12 atom stereocenters. The van der Waals surface area contributed by atoms with Crippen molar-refractivity contribution in [1.82, 2.24) is 85.1 Å². The molecule has 0 aromatic heterocycles. The molecule has 15 amide bonds. The highest BCUT2D eigenvalue weighted by Gasteiger charge is 2.39. The predicted octanol–water partition coefficient (Wildman–Crippen LogP) is 2.60. The minimum Gasteiger partial charge on any atom is -0.465 e. The van der Waals surface area contributed by atoms with Crippen LogP contribution < -0.4 is 85.1 Å². The molecule has 0 spiro atoms. The highest BCUT2D eigenvalue weighted by Crippen LogP contribution is 2.24. The third kappa shape index (κ3) is 47.2. The van der Waals surface area contributed by atoms with Gasteiger partial charge in [-0.2, -0.15) is 0 Å². The summed E-state index contributed by atoms with van der Waals surface area (Å²) in [4.78, 5) is 226. The molecule has 2 rings (SSSR count). The third-order valence-electron chi connectivity index (χ3n) is 17.7. The quantitative estimate of drug-likeness (QED) is 0.0264. The number of amides is 15. The highest BCUT2D eigenvalue weighted by atomic mass is 16.6. The average Bonchev–Trinajstić information content (AvgIpc) is 1.22. The van der Waals surface area contributed by atoms with Crippen molar-refractivity contribution in [3.8, 4) is 0 Å². The smallest absolute Gasteiger partial charge is 0.407 e. The summed E-state index contributed by atoms with van der Waals surface area (Å²) in [7, 11) is 0. The van der Waals surface area contributed by atoms with Crippen molar-refractivity contribution in [2.24, 2.45) is 11.3 Å². The number of aliphatic hydroxyl groups excluding tert-OH is 2. The van der Waals surface area contributed by atoms with Gasteiger partial charge >= 0.3 is 36.4 Å². The molecule has 0 saturated carbocycles. The van der Waals surface area contributed by atoms with Gasteiger partial charge in [0.15, 0.2) is 0 Å². The molecule has 1 aromatic carbocycles. The molecule has 1 saturated heterocycles. The van der Waals surface area contributed by atoms with Crippen molar-refractivity contribution in [1.29, 1.82) is 0 Å². The van der Waals surface area contributed by atoms with Crippen LogP contribution in [0.15, 0.2) is 30.3 Å². The third-order valence-corrected chi connectivity index (χ3v) is 17.7. The molecule has 18 N–H and O–H groups in total. The Morgan fingerprint density at radius 1 is 0.480 bits per heavy atom. The van der Waals surface area contributed by atoms with Crippen LogP contribution in [0.25, 0.3) is 0 Å². The van der Waals surface area contributed by atoms with Crippen molar-refractivity contribution < 1.29 is 115 Å². The average molecular weight is 1750 g/mol. The minimum absolute atomic E-state index is 0.0466. The molecular formula is C83H142N16O24. The van der Waals surface area contributed by atoms with Crippen LogP contribution in [0.3, 0.4) is 0 Å². The van der Waals surface area contributed by atoms with E-state index in [1.54, 1.807) is 162 Å². The van der Waals surface area contributed by atoms with E-state index in [0.717, 1.165) is 6.92 Å². The van der Waals surface area contributed by atoms with E-state index in [1.165, 1.54) is 6.92 Å². The van der Waals surface area contributed by atoms with Crippen LogP contribution in [-0.4, -0.2) is 259 Å². The Kier molecular flexibility index (Phi) is 45.6. The maximum atomic E-state index is 15.3. The van der Waals surface area contributed by atoms with E-state index < -0.39 is 241 Å². The molecule has 1 aliphatic heterocycles. The van der Waals surface area contributed by atoms with Gasteiger partial charge in [-0.05, 0) is 201 Å². The van der Waals surface area contributed by atoms with Gasteiger partial charge in [0.1, 0.15) is 82.9 Å². The number of hydrogen-bond acceptors (Lipinski definition) is 25. The summed E-state index contributed by atoms with van der Waals surface area (Å²) in [6.45, 7) is 32.6. The maximum Gasteiger partial charge on any atom is 0.407 e. The van der Waals surface area contributed by atoms with Crippen molar-refractivity contribution >= 4 is 95.5 Å². The number of nitrogens with one attached hydrogen (secondary N) is 16. The second-order valence-corrected chi connectivity index (χ2v) is 36.4. The van der Waals surface area contributed by atoms with E-state index in [9.17, 15) is 72.5 Å². The van der Waals surface area contributed by atoms with Gasteiger partial charge in [0.25, 0.3) is 0 Å². The first-order valence-electron chi connectivity index (χ1n) is 42.0. The number of hydrogen-bond donors (Lipinski definition) is 18. The molecule has 40 heteroatoms. The zero-order chi connectivity index (χ0) is 93.6. The Bertz CT molecular complexity index is 3640. The van der Waals surface area contributed by atoms with Crippen LogP contribution in [0.2, 0.25) is 0 Å². The monoisotopic (exact) mass is 1750 g/mol. The lowest BCUT2D eigenvalue weighted by molar-refractivity contribution is -0.155. The van der Waals surface area contributed by atoms with Gasteiger partial charge in [-0.25, -0.2) is 24.0 Å². The maximum absolute atomic E-state index is 15.3. The zero-order valence-electron chi connectivity index (χ0n) is 75.9. The van der Waals surface area contributed by atoms with Crippen LogP contribution in [0.4, 0.5) is 24.0 Å². The second-order valence-electron chi connectivity index (χ2n) is 36.4. The molecule has 0 radical (unpaired) electrons. The summed E-state index contributed by atoms with van der Waals surface area (Å²) in [6, 6.07) is -7.65. The highest BCUT2D eigenvalue weighted by molar-refractivity contribution is 5.98. The fraction of sp³-hybridized carbons (Fsp3) is 0.735. The van der Waals surface area contributed by atoms with Crippen molar-refractivity contribution in [3.05, 3.63) is 35.9 Å². The molecule has 1 aliphatic rings. The van der Waals surface area contributed by atoms with Crippen LogP contribution in [0, 0.1) is 11.3 Å². The largest absolute Gasteiger partial charge is 0.465 e. The number of alkyl carbamates (subject to hydrolysis) is 5.